The number of carbonyl (C=O) groups excluding carboxylic acids is 1. The standard InChI is InChI=1S/C22H22N2O4S/c1-24(16-17-11-13-20(28-2)14-12-17)22(25)18-7-6-8-19(15-18)23-29(26,27)21-9-4-3-5-10-21/h3-15,23H,16H2,1-2H3. The van der Waals surface area contributed by atoms with Gasteiger partial charge in [0.2, 0.25) is 0 Å². The molecule has 0 aromatic heterocycles. The third-order valence-electron chi connectivity index (χ3n) is 4.34. The highest BCUT2D eigenvalue weighted by atomic mass is 32.2. The van der Waals surface area contributed by atoms with Crippen molar-refractivity contribution >= 4 is 21.6 Å². The second kappa shape index (κ2) is 8.79. The van der Waals surface area contributed by atoms with Gasteiger partial charge in [0.1, 0.15) is 5.75 Å². The van der Waals surface area contributed by atoms with Crippen molar-refractivity contribution in [3.05, 3.63) is 90.0 Å². The maximum absolute atomic E-state index is 12.8. The van der Waals surface area contributed by atoms with Crippen LogP contribution in [-0.4, -0.2) is 33.4 Å². The number of benzene rings is 3. The van der Waals surface area contributed by atoms with Gasteiger partial charge in [-0.05, 0) is 48.0 Å². The van der Waals surface area contributed by atoms with Gasteiger partial charge in [0, 0.05) is 24.8 Å². The van der Waals surface area contributed by atoms with Gasteiger partial charge in [-0.15, -0.1) is 0 Å². The number of amides is 1. The highest BCUT2D eigenvalue weighted by Crippen LogP contribution is 2.19. The van der Waals surface area contributed by atoms with Gasteiger partial charge in [-0.3, -0.25) is 9.52 Å². The Kier molecular flexibility index (Phi) is 6.19. The van der Waals surface area contributed by atoms with Gasteiger partial charge in [-0.1, -0.05) is 36.4 Å². The summed E-state index contributed by atoms with van der Waals surface area (Å²) in [5, 5.41) is 0. The molecule has 0 aliphatic rings. The lowest BCUT2D eigenvalue weighted by atomic mass is 10.1. The summed E-state index contributed by atoms with van der Waals surface area (Å²) in [5.74, 6) is 0.544. The lowest BCUT2D eigenvalue weighted by Gasteiger charge is -2.18. The molecule has 6 nitrogen and oxygen atoms in total. The molecule has 1 N–H and O–H groups in total. The predicted octanol–water partition coefficient (Wildman–Crippen LogP) is 3.77. The fourth-order valence-corrected chi connectivity index (χ4v) is 3.90. The van der Waals surface area contributed by atoms with Crippen molar-refractivity contribution in [3.63, 3.8) is 0 Å². The molecule has 3 rings (SSSR count). The van der Waals surface area contributed by atoms with Crippen molar-refractivity contribution in [1.82, 2.24) is 4.90 Å². The summed E-state index contributed by atoms with van der Waals surface area (Å²) in [4.78, 5) is 14.5. The van der Waals surface area contributed by atoms with Crippen molar-refractivity contribution < 1.29 is 17.9 Å². The number of hydrogen-bond acceptors (Lipinski definition) is 4. The molecule has 3 aromatic rings. The third-order valence-corrected chi connectivity index (χ3v) is 5.74. The maximum atomic E-state index is 12.8. The molecule has 0 unspecified atom stereocenters. The number of sulfonamides is 1. The van der Waals surface area contributed by atoms with Crippen LogP contribution in [0.25, 0.3) is 0 Å². The molecule has 0 aliphatic heterocycles. The van der Waals surface area contributed by atoms with Crippen molar-refractivity contribution in [1.29, 1.82) is 0 Å². The zero-order valence-corrected chi connectivity index (χ0v) is 17.0. The number of nitrogens with zero attached hydrogens (tertiary/aromatic N) is 1. The van der Waals surface area contributed by atoms with Crippen molar-refractivity contribution in [2.24, 2.45) is 0 Å². The summed E-state index contributed by atoms with van der Waals surface area (Å²) in [6.07, 6.45) is 0. The first-order valence-corrected chi connectivity index (χ1v) is 10.4. The molecule has 29 heavy (non-hydrogen) atoms. The first kappa shape index (κ1) is 20.4. The molecular formula is C22H22N2O4S. The summed E-state index contributed by atoms with van der Waals surface area (Å²) < 4.78 is 32.6. The van der Waals surface area contributed by atoms with E-state index in [9.17, 15) is 13.2 Å². The predicted molar refractivity (Wildman–Crippen MR) is 112 cm³/mol. The Morgan fingerprint density at radius 1 is 0.966 bits per heavy atom. The Balaban J connectivity index is 1.73. The van der Waals surface area contributed by atoms with Crippen LogP contribution in [0.5, 0.6) is 5.75 Å². The molecule has 1 amide bonds. The van der Waals surface area contributed by atoms with Crippen LogP contribution in [0.3, 0.4) is 0 Å². The molecule has 0 spiro atoms. The fourth-order valence-electron chi connectivity index (χ4n) is 2.83. The number of methoxy groups -OCH3 is 1. The van der Waals surface area contributed by atoms with E-state index < -0.39 is 10.0 Å². The largest absolute Gasteiger partial charge is 0.497 e. The van der Waals surface area contributed by atoms with E-state index in [1.54, 1.807) is 55.5 Å². The number of hydrogen-bond donors (Lipinski definition) is 1. The van der Waals surface area contributed by atoms with E-state index in [4.69, 9.17) is 4.74 Å². The van der Waals surface area contributed by atoms with E-state index in [-0.39, 0.29) is 10.8 Å². The molecule has 0 fully saturated rings. The number of carbonyl (C=O) groups is 1. The normalized spacial score (nSPS) is 11.0. The number of ether oxygens (including phenoxy) is 1. The van der Waals surface area contributed by atoms with Crippen molar-refractivity contribution in [2.45, 2.75) is 11.4 Å². The van der Waals surface area contributed by atoms with Gasteiger partial charge in [0.25, 0.3) is 15.9 Å². The SMILES string of the molecule is COc1ccc(CN(C)C(=O)c2cccc(NS(=O)(=O)c3ccccc3)c2)cc1. The van der Waals surface area contributed by atoms with Crippen LogP contribution in [0.1, 0.15) is 15.9 Å². The fraction of sp³-hybridized carbons (Fsp3) is 0.136. The van der Waals surface area contributed by atoms with Crippen LogP contribution in [0, 0.1) is 0 Å². The Morgan fingerprint density at radius 2 is 1.66 bits per heavy atom. The Labute approximate surface area is 170 Å². The van der Waals surface area contributed by atoms with Crippen molar-refractivity contribution in [2.75, 3.05) is 18.9 Å². The quantitative estimate of drug-likeness (QED) is 0.643. The average molecular weight is 410 g/mol. The van der Waals surface area contributed by atoms with E-state index in [0.717, 1.165) is 11.3 Å². The lowest BCUT2D eigenvalue weighted by Crippen LogP contribution is -2.26. The number of anilines is 1. The van der Waals surface area contributed by atoms with Gasteiger partial charge in [-0.25, -0.2) is 8.42 Å². The summed E-state index contributed by atoms with van der Waals surface area (Å²) in [5.41, 5.74) is 1.69. The molecule has 0 heterocycles. The average Bonchev–Trinajstić information content (AvgIpc) is 2.74. The van der Waals surface area contributed by atoms with E-state index in [1.807, 2.05) is 24.3 Å². The Hall–Kier alpha value is -3.32. The minimum atomic E-state index is -3.72. The monoisotopic (exact) mass is 410 g/mol. The number of rotatable bonds is 7. The molecule has 0 saturated heterocycles. The van der Waals surface area contributed by atoms with Gasteiger partial charge in [-0.2, -0.15) is 0 Å². The summed E-state index contributed by atoms with van der Waals surface area (Å²) in [6.45, 7) is 0.419. The smallest absolute Gasteiger partial charge is 0.261 e. The van der Waals surface area contributed by atoms with E-state index in [1.165, 1.54) is 18.2 Å². The van der Waals surface area contributed by atoms with Crippen LogP contribution < -0.4 is 9.46 Å². The molecule has 150 valence electrons. The zero-order chi connectivity index (χ0) is 20.9. The van der Waals surface area contributed by atoms with E-state index >= 15 is 0 Å². The lowest BCUT2D eigenvalue weighted by molar-refractivity contribution is 0.0785. The molecule has 0 bridgehead atoms. The molecule has 0 radical (unpaired) electrons. The Morgan fingerprint density at radius 3 is 2.31 bits per heavy atom. The second-order valence-corrected chi connectivity index (χ2v) is 8.19. The molecule has 0 aliphatic carbocycles. The van der Waals surface area contributed by atoms with Gasteiger partial charge in [0.15, 0.2) is 0 Å². The van der Waals surface area contributed by atoms with Crippen LogP contribution in [0.15, 0.2) is 83.8 Å². The van der Waals surface area contributed by atoms with Crippen LogP contribution in [-0.2, 0) is 16.6 Å². The first-order valence-electron chi connectivity index (χ1n) is 8.95. The number of nitrogens with one attached hydrogen (secondary N) is 1. The molecule has 0 saturated carbocycles. The molecule has 3 aromatic carbocycles. The van der Waals surface area contributed by atoms with E-state index in [2.05, 4.69) is 4.72 Å². The summed E-state index contributed by atoms with van der Waals surface area (Å²) >= 11 is 0. The highest BCUT2D eigenvalue weighted by molar-refractivity contribution is 7.92. The minimum absolute atomic E-state index is 0.161. The van der Waals surface area contributed by atoms with Crippen LogP contribution >= 0.6 is 0 Å². The van der Waals surface area contributed by atoms with Gasteiger partial charge < -0.3 is 9.64 Å². The second-order valence-electron chi connectivity index (χ2n) is 6.51. The highest BCUT2D eigenvalue weighted by Gasteiger charge is 2.16. The Bertz CT molecular complexity index is 1080. The summed E-state index contributed by atoms with van der Waals surface area (Å²) in [6, 6.07) is 22.0. The van der Waals surface area contributed by atoms with Crippen LogP contribution in [0.4, 0.5) is 5.69 Å². The maximum Gasteiger partial charge on any atom is 0.261 e. The van der Waals surface area contributed by atoms with Crippen LogP contribution in [0.2, 0.25) is 0 Å². The van der Waals surface area contributed by atoms with E-state index in [0.29, 0.717) is 17.8 Å². The van der Waals surface area contributed by atoms with Crippen molar-refractivity contribution in [3.8, 4) is 5.75 Å². The van der Waals surface area contributed by atoms with Gasteiger partial charge >= 0.3 is 0 Å². The van der Waals surface area contributed by atoms with Gasteiger partial charge in [0.05, 0.1) is 12.0 Å². The zero-order valence-electron chi connectivity index (χ0n) is 16.2. The molecule has 7 heteroatoms. The third kappa shape index (κ3) is 5.14. The topological polar surface area (TPSA) is 75.7 Å². The molecular weight excluding hydrogens is 388 g/mol. The summed E-state index contributed by atoms with van der Waals surface area (Å²) in [7, 11) is -0.415. The molecule has 0 atom stereocenters. The first-order chi connectivity index (χ1) is 13.9. The minimum Gasteiger partial charge on any atom is -0.497 e.